The van der Waals surface area contributed by atoms with Crippen LogP contribution in [0, 0.1) is 13.8 Å². The number of aromatic amines is 1. The van der Waals surface area contributed by atoms with Gasteiger partial charge < -0.3 is 14.8 Å². The Labute approximate surface area is 122 Å². The fourth-order valence-electron chi connectivity index (χ4n) is 2.19. The second-order valence-electron chi connectivity index (χ2n) is 5.90. The maximum absolute atomic E-state index is 12.3. The molecular weight excluding hydrogens is 278 g/mol. The number of phenolic OH excluding ortho intramolecular Hbond substituents is 1. The number of H-pyrrole nitrogens is 1. The smallest absolute Gasteiger partial charge is 0.341 e. The Hall–Kier alpha value is -1.68. The molecule has 0 aliphatic carbocycles. The summed E-state index contributed by atoms with van der Waals surface area (Å²) in [7, 11) is 0. The van der Waals surface area contributed by atoms with Gasteiger partial charge in [0.15, 0.2) is 0 Å². The SMILES string of the molecule is Cc1[nH]c2c(C)cc(O)c(Cl)c2c1C(=O)OC(C)(C)C. The minimum Gasteiger partial charge on any atom is -0.506 e. The number of ether oxygens (including phenoxy) is 1. The fraction of sp³-hybridized carbons (Fsp3) is 0.400. The van der Waals surface area contributed by atoms with Gasteiger partial charge in [0.25, 0.3) is 0 Å². The lowest BCUT2D eigenvalue weighted by molar-refractivity contribution is 0.00711. The van der Waals surface area contributed by atoms with E-state index in [9.17, 15) is 9.90 Å². The number of carbonyl (C=O) groups is 1. The number of benzene rings is 1. The third-order valence-electron chi connectivity index (χ3n) is 2.98. The number of aromatic nitrogens is 1. The molecule has 2 rings (SSSR count). The summed E-state index contributed by atoms with van der Waals surface area (Å²) < 4.78 is 5.41. The average molecular weight is 296 g/mol. The summed E-state index contributed by atoms with van der Waals surface area (Å²) in [5.74, 6) is -0.492. The number of phenols is 1. The second kappa shape index (κ2) is 4.70. The highest BCUT2D eigenvalue weighted by Gasteiger charge is 2.25. The zero-order valence-corrected chi connectivity index (χ0v) is 13.0. The van der Waals surface area contributed by atoms with Crippen LogP contribution >= 0.6 is 11.6 Å². The maximum atomic E-state index is 12.3. The highest BCUT2D eigenvalue weighted by molar-refractivity contribution is 6.38. The Kier molecular flexibility index (Phi) is 3.46. The number of rotatable bonds is 1. The number of halogens is 1. The molecule has 0 saturated carbocycles. The standard InChI is InChI=1S/C15H18ClNO3/c1-7-6-9(18)12(16)11-10(8(2)17-13(7)11)14(19)20-15(3,4)5/h6,17-18H,1-5H3. The van der Waals surface area contributed by atoms with Crippen LogP contribution in [0.2, 0.25) is 5.02 Å². The van der Waals surface area contributed by atoms with Gasteiger partial charge in [-0.2, -0.15) is 0 Å². The van der Waals surface area contributed by atoms with Crippen molar-refractivity contribution in [1.29, 1.82) is 0 Å². The minimum absolute atomic E-state index is 0.0412. The Bertz CT molecular complexity index is 695. The number of hydrogen-bond acceptors (Lipinski definition) is 3. The van der Waals surface area contributed by atoms with Gasteiger partial charge >= 0.3 is 5.97 Å². The van der Waals surface area contributed by atoms with Gasteiger partial charge in [-0.15, -0.1) is 0 Å². The molecule has 0 radical (unpaired) electrons. The van der Waals surface area contributed by atoms with Crippen molar-refractivity contribution in [3.63, 3.8) is 0 Å². The summed E-state index contributed by atoms with van der Waals surface area (Å²) in [4.78, 5) is 15.5. The normalized spacial score (nSPS) is 11.9. The molecule has 0 saturated heterocycles. The molecule has 0 bridgehead atoms. The van der Waals surface area contributed by atoms with Crippen LogP contribution in [0.5, 0.6) is 5.75 Å². The summed E-state index contributed by atoms with van der Waals surface area (Å²) >= 11 is 6.15. The monoisotopic (exact) mass is 295 g/mol. The number of fused-ring (bicyclic) bond motifs is 1. The molecule has 0 spiro atoms. The molecule has 0 atom stereocenters. The first-order chi connectivity index (χ1) is 9.11. The van der Waals surface area contributed by atoms with Crippen LogP contribution in [0.1, 0.15) is 42.4 Å². The molecule has 1 heterocycles. The van der Waals surface area contributed by atoms with E-state index in [4.69, 9.17) is 16.3 Å². The van der Waals surface area contributed by atoms with E-state index in [1.165, 1.54) is 0 Å². The van der Waals surface area contributed by atoms with Crippen molar-refractivity contribution in [2.24, 2.45) is 0 Å². The molecule has 0 fully saturated rings. The van der Waals surface area contributed by atoms with E-state index in [0.717, 1.165) is 11.1 Å². The number of nitrogens with one attached hydrogen (secondary N) is 1. The third kappa shape index (κ3) is 2.48. The topological polar surface area (TPSA) is 62.3 Å². The number of esters is 1. The van der Waals surface area contributed by atoms with Crippen LogP contribution in [0.4, 0.5) is 0 Å². The lowest BCUT2D eigenvalue weighted by Gasteiger charge is -2.19. The van der Waals surface area contributed by atoms with Gasteiger partial charge in [-0.25, -0.2) is 4.79 Å². The van der Waals surface area contributed by atoms with E-state index in [2.05, 4.69) is 4.98 Å². The minimum atomic E-state index is -0.592. The van der Waals surface area contributed by atoms with Crippen molar-refractivity contribution >= 4 is 28.5 Å². The van der Waals surface area contributed by atoms with Crippen LogP contribution < -0.4 is 0 Å². The molecule has 1 aromatic heterocycles. The van der Waals surface area contributed by atoms with Gasteiger partial charge in [-0.3, -0.25) is 0 Å². The van der Waals surface area contributed by atoms with Crippen LogP contribution in [0.3, 0.4) is 0 Å². The highest BCUT2D eigenvalue weighted by atomic mass is 35.5. The third-order valence-corrected chi connectivity index (χ3v) is 3.37. The molecule has 0 aliphatic heterocycles. The van der Waals surface area contributed by atoms with E-state index < -0.39 is 11.6 Å². The fourth-order valence-corrected chi connectivity index (χ4v) is 2.44. The van der Waals surface area contributed by atoms with Gasteiger partial charge in [0.05, 0.1) is 16.1 Å². The molecule has 2 aromatic rings. The first-order valence-electron chi connectivity index (χ1n) is 6.35. The number of hydrogen-bond donors (Lipinski definition) is 2. The lowest BCUT2D eigenvalue weighted by Crippen LogP contribution is -2.24. The molecule has 1 aromatic carbocycles. The lowest BCUT2D eigenvalue weighted by atomic mass is 10.1. The van der Waals surface area contributed by atoms with E-state index in [1.807, 2.05) is 6.92 Å². The summed E-state index contributed by atoms with van der Waals surface area (Å²) in [5, 5.41) is 10.5. The Morgan fingerprint density at radius 1 is 1.35 bits per heavy atom. The zero-order chi connectivity index (χ0) is 15.2. The van der Waals surface area contributed by atoms with Crippen molar-refractivity contribution in [2.45, 2.75) is 40.2 Å². The van der Waals surface area contributed by atoms with Crippen LogP contribution in [-0.4, -0.2) is 21.7 Å². The maximum Gasteiger partial charge on any atom is 0.341 e. The Balaban J connectivity index is 2.71. The van der Waals surface area contributed by atoms with Gasteiger partial charge in [0, 0.05) is 11.1 Å². The predicted molar refractivity (Wildman–Crippen MR) is 79.6 cm³/mol. The van der Waals surface area contributed by atoms with Crippen molar-refractivity contribution in [2.75, 3.05) is 0 Å². The quantitative estimate of drug-likeness (QED) is 0.779. The van der Waals surface area contributed by atoms with Crippen molar-refractivity contribution < 1.29 is 14.6 Å². The second-order valence-corrected chi connectivity index (χ2v) is 6.28. The highest BCUT2D eigenvalue weighted by Crippen LogP contribution is 2.38. The Morgan fingerprint density at radius 3 is 2.50 bits per heavy atom. The number of aromatic hydroxyl groups is 1. The number of aryl methyl sites for hydroxylation is 2. The molecular formula is C15H18ClNO3. The zero-order valence-electron chi connectivity index (χ0n) is 12.2. The average Bonchev–Trinajstić information content (AvgIpc) is 2.62. The molecule has 2 N–H and O–H groups in total. The first-order valence-corrected chi connectivity index (χ1v) is 6.73. The van der Waals surface area contributed by atoms with E-state index in [1.54, 1.807) is 33.8 Å². The molecule has 20 heavy (non-hydrogen) atoms. The van der Waals surface area contributed by atoms with Gasteiger partial charge in [0.1, 0.15) is 11.4 Å². The largest absolute Gasteiger partial charge is 0.506 e. The van der Waals surface area contributed by atoms with E-state index >= 15 is 0 Å². The van der Waals surface area contributed by atoms with Crippen molar-refractivity contribution in [1.82, 2.24) is 4.98 Å². The first kappa shape index (κ1) is 14.7. The van der Waals surface area contributed by atoms with Crippen LogP contribution in [-0.2, 0) is 4.74 Å². The molecule has 0 amide bonds. The number of carbonyl (C=O) groups excluding carboxylic acids is 1. The van der Waals surface area contributed by atoms with E-state index in [-0.39, 0.29) is 10.8 Å². The predicted octanol–water partition coefficient (Wildman–Crippen LogP) is 4.10. The van der Waals surface area contributed by atoms with Gasteiger partial charge in [-0.05, 0) is 46.2 Å². The van der Waals surface area contributed by atoms with Crippen molar-refractivity contribution in [3.05, 3.63) is 27.9 Å². The summed E-state index contributed by atoms with van der Waals surface area (Å²) in [6.45, 7) is 9.04. The summed E-state index contributed by atoms with van der Waals surface area (Å²) in [6.07, 6.45) is 0. The molecule has 4 nitrogen and oxygen atoms in total. The summed E-state index contributed by atoms with van der Waals surface area (Å²) in [6, 6.07) is 1.57. The van der Waals surface area contributed by atoms with Gasteiger partial charge in [-0.1, -0.05) is 11.6 Å². The van der Waals surface area contributed by atoms with Crippen LogP contribution in [0.25, 0.3) is 10.9 Å². The summed E-state index contributed by atoms with van der Waals surface area (Å²) in [5.41, 5.74) is 2.01. The molecule has 108 valence electrons. The Morgan fingerprint density at radius 2 is 1.95 bits per heavy atom. The molecule has 0 unspecified atom stereocenters. The molecule has 0 aliphatic rings. The van der Waals surface area contributed by atoms with Crippen molar-refractivity contribution in [3.8, 4) is 5.75 Å². The van der Waals surface area contributed by atoms with E-state index in [0.29, 0.717) is 16.6 Å². The van der Waals surface area contributed by atoms with Crippen LogP contribution in [0.15, 0.2) is 6.07 Å². The molecule has 5 heteroatoms. The van der Waals surface area contributed by atoms with Gasteiger partial charge in [0.2, 0.25) is 0 Å².